The summed E-state index contributed by atoms with van der Waals surface area (Å²) in [5.74, 6) is -0.608. The molecule has 7 nitrogen and oxygen atoms in total. The number of aromatic nitrogens is 2. The molecule has 0 saturated heterocycles. The van der Waals surface area contributed by atoms with E-state index in [1.54, 1.807) is 24.4 Å². The molecule has 4 aromatic rings. The summed E-state index contributed by atoms with van der Waals surface area (Å²) in [7, 11) is 1.43. The topological polar surface area (TPSA) is 93.2 Å². The lowest BCUT2D eigenvalue weighted by atomic mass is 9.96. The van der Waals surface area contributed by atoms with Gasteiger partial charge >= 0.3 is 6.18 Å². The maximum Gasteiger partial charge on any atom is 0.433 e. The molecule has 0 fully saturated rings. The third-order valence-corrected chi connectivity index (χ3v) is 5.62. The Bertz CT molecular complexity index is 1490. The quantitative estimate of drug-likeness (QED) is 0.313. The molecule has 2 amide bonds. The fraction of sp³-hybridized carbons (Fsp3) is 0.143. The van der Waals surface area contributed by atoms with Gasteiger partial charge in [-0.05, 0) is 77.2 Å². The van der Waals surface area contributed by atoms with Crippen LogP contribution in [-0.4, -0.2) is 35.5 Å². The van der Waals surface area contributed by atoms with Crippen LogP contribution in [0.5, 0.6) is 0 Å². The SMILES string of the molecule is COCC(=O)Nc1cc(-c2cccc(-c3cc(NC(=O)c4ccnc(C(F)(F)F)c4)ccc3C)c2)ccn1. The minimum atomic E-state index is -4.65. The molecule has 2 N–H and O–H groups in total. The first kappa shape index (κ1) is 26.5. The van der Waals surface area contributed by atoms with E-state index in [-0.39, 0.29) is 18.1 Å². The van der Waals surface area contributed by atoms with Gasteiger partial charge < -0.3 is 15.4 Å². The number of alkyl halides is 3. The largest absolute Gasteiger partial charge is 0.433 e. The number of carbonyl (C=O) groups is 2. The predicted octanol–water partition coefficient (Wildman–Crippen LogP) is 5.98. The Morgan fingerprint density at radius 3 is 2.37 bits per heavy atom. The highest BCUT2D eigenvalue weighted by molar-refractivity contribution is 6.04. The van der Waals surface area contributed by atoms with Gasteiger partial charge in [-0.3, -0.25) is 14.6 Å². The highest BCUT2D eigenvalue weighted by Gasteiger charge is 2.33. The number of pyridine rings is 2. The standard InChI is InChI=1S/C28H23F3N4O3/c1-17-6-7-22(34-27(37)21-9-10-32-24(13-21)28(29,30)31)15-23(17)20-5-3-4-18(12-20)19-8-11-33-25(14-19)35-26(36)16-38-2/h3-15H,16H2,1-2H3,(H,34,37)(H,33,35,36). The van der Waals surface area contributed by atoms with Crippen LogP contribution in [0, 0.1) is 6.92 Å². The third-order valence-electron chi connectivity index (χ3n) is 5.62. The van der Waals surface area contributed by atoms with Crippen molar-refractivity contribution in [2.24, 2.45) is 0 Å². The number of halogens is 3. The summed E-state index contributed by atoms with van der Waals surface area (Å²) in [6.07, 6.45) is -2.10. The van der Waals surface area contributed by atoms with Crippen molar-refractivity contribution in [3.05, 3.63) is 95.9 Å². The van der Waals surface area contributed by atoms with Crippen LogP contribution in [0.25, 0.3) is 22.3 Å². The Morgan fingerprint density at radius 2 is 1.61 bits per heavy atom. The number of rotatable bonds is 7. The molecule has 2 aromatic heterocycles. The van der Waals surface area contributed by atoms with E-state index < -0.39 is 17.8 Å². The van der Waals surface area contributed by atoms with Crippen molar-refractivity contribution in [3.8, 4) is 22.3 Å². The summed E-state index contributed by atoms with van der Waals surface area (Å²) in [6.45, 7) is 1.83. The number of nitrogens with zero attached hydrogens (tertiary/aromatic N) is 2. The number of amides is 2. The van der Waals surface area contributed by atoms with Gasteiger partial charge in [-0.2, -0.15) is 13.2 Å². The first-order valence-corrected chi connectivity index (χ1v) is 11.4. The van der Waals surface area contributed by atoms with E-state index in [1.807, 2.05) is 43.3 Å². The first-order valence-electron chi connectivity index (χ1n) is 11.4. The minimum Gasteiger partial charge on any atom is -0.375 e. The van der Waals surface area contributed by atoms with Crippen molar-refractivity contribution < 1.29 is 27.5 Å². The zero-order valence-electron chi connectivity index (χ0n) is 20.5. The maximum atomic E-state index is 13.0. The lowest BCUT2D eigenvalue weighted by Gasteiger charge is -2.13. The molecule has 2 aromatic carbocycles. The highest BCUT2D eigenvalue weighted by Crippen LogP contribution is 2.31. The van der Waals surface area contributed by atoms with Crippen LogP contribution in [0.1, 0.15) is 21.6 Å². The lowest BCUT2D eigenvalue weighted by molar-refractivity contribution is -0.141. The highest BCUT2D eigenvalue weighted by atomic mass is 19.4. The number of aryl methyl sites for hydroxylation is 1. The molecule has 4 rings (SSSR count). The molecule has 10 heteroatoms. The number of carbonyl (C=O) groups excluding carboxylic acids is 2. The van der Waals surface area contributed by atoms with Crippen LogP contribution in [0.15, 0.2) is 79.1 Å². The van der Waals surface area contributed by atoms with Gasteiger partial charge in [0.2, 0.25) is 0 Å². The number of hydrogen-bond donors (Lipinski definition) is 2. The van der Waals surface area contributed by atoms with Crippen molar-refractivity contribution in [1.29, 1.82) is 0 Å². The summed E-state index contributed by atoms with van der Waals surface area (Å²) < 4.78 is 43.8. The van der Waals surface area contributed by atoms with Gasteiger partial charge in [0.05, 0.1) is 0 Å². The monoisotopic (exact) mass is 520 g/mol. The van der Waals surface area contributed by atoms with Gasteiger partial charge in [-0.15, -0.1) is 0 Å². The smallest absolute Gasteiger partial charge is 0.375 e. The van der Waals surface area contributed by atoms with E-state index in [0.29, 0.717) is 17.6 Å². The van der Waals surface area contributed by atoms with Crippen molar-refractivity contribution in [3.63, 3.8) is 0 Å². The van der Waals surface area contributed by atoms with Gasteiger partial charge in [0.15, 0.2) is 0 Å². The van der Waals surface area contributed by atoms with Crippen molar-refractivity contribution >= 4 is 23.3 Å². The molecule has 38 heavy (non-hydrogen) atoms. The number of ether oxygens (including phenoxy) is 1. The van der Waals surface area contributed by atoms with Gasteiger partial charge in [-0.25, -0.2) is 4.98 Å². The molecule has 0 bridgehead atoms. The number of nitrogens with one attached hydrogen (secondary N) is 2. The minimum absolute atomic E-state index is 0.0851. The van der Waals surface area contributed by atoms with Crippen LogP contribution >= 0.6 is 0 Å². The maximum absolute atomic E-state index is 13.0. The Labute approximate surface area is 216 Å². The van der Waals surface area contributed by atoms with E-state index >= 15 is 0 Å². The van der Waals surface area contributed by atoms with Crippen molar-refractivity contribution in [2.45, 2.75) is 13.1 Å². The lowest BCUT2D eigenvalue weighted by Crippen LogP contribution is -2.17. The summed E-state index contributed by atoms with van der Waals surface area (Å²) in [4.78, 5) is 32.0. The Balaban J connectivity index is 1.59. The average molecular weight is 521 g/mol. The van der Waals surface area contributed by atoms with E-state index in [1.165, 1.54) is 13.2 Å². The van der Waals surface area contributed by atoms with E-state index in [9.17, 15) is 22.8 Å². The molecular weight excluding hydrogens is 497 g/mol. The van der Waals surface area contributed by atoms with Crippen LogP contribution < -0.4 is 10.6 Å². The van der Waals surface area contributed by atoms with E-state index in [0.717, 1.165) is 34.0 Å². The molecular formula is C28H23F3N4O3. The number of hydrogen-bond acceptors (Lipinski definition) is 5. The number of anilines is 2. The summed E-state index contributed by atoms with van der Waals surface area (Å²) in [6, 6.07) is 18.5. The Kier molecular flexibility index (Phi) is 7.82. The molecule has 0 saturated carbocycles. The van der Waals surface area contributed by atoms with Gasteiger partial charge in [0.1, 0.15) is 18.1 Å². The molecule has 0 unspecified atom stereocenters. The van der Waals surface area contributed by atoms with Crippen LogP contribution in [0.2, 0.25) is 0 Å². The second kappa shape index (κ2) is 11.2. The normalized spacial score (nSPS) is 11.2. The van der Waals surface area contributed by atoms with Crippen molar-refractivity contribution in [1.82, 2.24) is 9.97 Å². The zero-order chi connectivity index (χ0) is 27.3. The van der Waals surface area contributed by atoms with Gasteiger partial charge in [0.25, 0.3) is 11.8 Å². The van der Waals surface area contributed by atoms with Gasteiger partial charge in [-0.1, -0.05) is 24.3 Å². The molecule has 0 atom stereocenters. The van der Waals surface area contributed by atoms with Crippen LogP contribution in [0.3, 0.4) is 0 Å². The third kappa shape index (κ3) is 6.40. The fourth-order valence-electron chi connectivity index (χ4n) is 3.80. The van der Waals surface area contributed by atoms with Crippen molar-refractivity contribution in [2.75, 3.05) is 24.4 Å². The second-order valence-corrected chi connectivity index (χ2v) is 8.40. The molecule has 0 spiro atoms. The number of methoxy groups -OCH3 is 1. The van der Waals surface area contributed by atoms with Crippen LogP contribution in [-0.2, 0) is 15.7 Å². The molecule has 2 heterocycles. The Hall–Kier alpha value is -4.57. The zero-order valence-corrected chi connectivity index (χ0v) is 20.5. The molecule has 194 valence electrons. The first-order chi connectivity index (χ1) is 18.1. The second-order valence-electron chi connectivity index (χ2n) is 8.40. The van der Waals surface area contributed by atoms with Gasteiger partial charge in [0, 0.05) is 30.8 Å². The van der Waals surface area contributed by atoms with E-state index in [2.05, 4.69) is 20.6 Å². The van der Waals surface area contributed by atoms with Crippen LogP contribution in [0.4, 0.5) is 24.7 Å². The number of benzene rings is 2. The summed E-state index contributed by atoms with van der Waals surface area (Å²) >= 11 is 0. The fourth-order valence-corrected chi connectivity index (χ4v) is 3.80. The molecule has 0 aliphatic rings. The average Bonchev–Trinajstić information content (AvgIpc) is 2.89. The Morgan fingerprint density at radius 1 is 0.868 bits per heavy atom. The predicted molar refractivity (Wildman–Crippen MR) is 138 cm³/mol. The molecule has 0 aliphatic heterocycles. The summed E-state index contributed by atoms with van der Waals surface area (Å²) in [5.41, 5.74) is 3.47. The summed E-state index contributed by atoms with van der Waals surface area (Å²) in [5, 5.41) is 5.34. The molecule has 0 radical (unpaired) electrons. The van der Waals surface area contributed by atoms with E-state index in [4.69, 9.17) is 4.74 Å². The molecule has 0 aliphatic carbocycles.